The van der Waals surface area contributed by atoms with Gasteiger partial charge in [-0.25, -0.2) is 23.5 Å². The second-order valence-electron chi connectivity index (χ2n) is 11.9. The zero-order valence-electron chi connectivity index (χ0n) is 26.8. The van der Waals surface area contributed by atoms with Gasteiger partial charge in [0, 0.05) is 23.5 Å². The third kappa shape index (κ3) is 12.3. The van der Waals surface area contributed by atoms with E-state index in [0.29, 0.717) is 30.2 Å². The van der Waals surface area contributed by atoms with Gasteiger partial charge in [-0.1, -0.05) is 96.6 Å². The first-order chi connectivity index (χ1) is 21.3. The van der Waals surface area contributed by atoms with E-state index in [1.165, 1.54) is 45.4 Å². The van der Waals surface area contributed by atoms with Gasteiger partial charge in [-0.2, -0.15) is 0 Å². The van der Waals surface area contributed by atoms with Crippen LogP contribution in [0.25, 0.3) is 22.5 Å². The number of benzene rings is 2. The summed E-state index contributed by atoms with van der Waals surface area (Å²) < 4.78 is 40.1. The van der Waals surface area contributed by atoms with E-state index in [9.17, 15) is 13.6 Å². The van der Waals surface area contributed by atoms with Crippen molar-refractivity contribution in [2.45, 2.75) is 123 Å². The number of unbranched alkanes of at least 4 members (excludes halogenated alkanes) is 10. The molecule has 0 aliphatic carbocycles. The largest absolute Gasteiger partial charge is 0.491 e. The van der Waals surface area contributed by atoms with Crippen molar-refractivity contribution in [1.82, 2.24) is 9.97 Å². The van der Waals surface area contributed by atoms with Crippen LogP contribution in [0.15, 0.2) is 60.9 Å². The third-order valence-electron chi connectivity index (χ3n) is 7.89. The summed E-state index contributed by atoms with van der Waals surface area (Å²) in [5.74, 6) is 0.615. The fraction of sp³-hybridized carbons (Fsp3) is 0.541. The van der Waals surface area contributed by atoms with Gasteiger partial charge in [-0.3, -0.25) is 0 Å². The second kappa shape index (κ2) is 19.1. The van der Waals surface area contributed by atoms with E-state index >= 15 is 0 Å². The molecule has 2 aromatic carbocycles. The van der Waals surface area contributed by atoms with Gasteiger partial charge in [-0.05, 0) is 68.1 Å². The molecule has 3 aromatic rings. The number of aromatic nitrogens is 2. The van der Waals surface area contributed by atoms with E-state index in [1.807, 2.05) is 12.1 Å². The first-order valence-corrected chi connectivity index (χ1v) is 16.5. The molecule has 240 valence electrons. The van der Waals surface area contributed by atoms with Crippen LogP contribution in [0, 0.1) is 0 Å². The Balaban J connectivity index is 1.44. The van der Waals surface area contributed by atoms with Crippen molar-refractivity contribution in [1.29, 1.82) is 0 Å². The highest BCUT2D eigenvalue weighted by atomic mass is 19.1. The standard InChI is InChI=1S/C37H50F2N2O3/c1-4-6-8-10-12-14-16-32(38)28-43-33-21-19-30(20-22-33)35-40-26-31(27-41-35)29-17-23-34(24-18-29)44-36(42)37(3,39)25-15-13-11-9-7-5-2/h17-24,26-27,32H,4-16,25,28H2,1-3H3/t32-,37-/m0/s1. The lowest BCUT2D eigenvalue weighted by molar-refractivity contribution is -0.147. The summed E-state index contributed by atoms with van der Waals surface area (Å²) in [6.45, 7) is 5.71. The minimum Gasteiger partial charge on any atom is -0.491 e. The lowest BCUT2D eigenvalue weighted by Gasteiger charge is -2.18. The van der Waals surface area contributed by atoms with Gasteiger partial charge >= 0.3 is 5.97 Å². The van der Waals surface area contributed by atoms with Crippen LogP contribution in [0.4, 0.5) is 8.78 Å². The Labute approximate surface area is 262 Å². The molecule has 0 fully saturated rings. The van der Waals surface area contributed by atoms with E-state index in [1.54, 1.807) is 48.8 Å². The molecule has 0 unspecified atom stereocenters. The highest BCUT2D eigenvalue weighted by molar-refractivity contribution is 5.81. The fourth-order valence-electron chi connectivity index (χ4n) is 5.01. The topological polar surface area (TPSA) is 61.3 Å². The minimum absolute atomic E-state index is 0.0593. The van der Waals surface area contributed by atoms with E-state index in [0.717, 1.165) is 48.8 Å². The molecular formula is C37H50F2N2O3. The summed E-state index contributed by atoms with van der Waals surface area (Å²) in [6.07, 6.45) is 16.2. The zero-order chi connectivity index (χ0) is 31.6. The van der Waals surface area contributed by atoms with Gasteiger partial charge < -0.3 is 9.47 Å². The summed E-state index contributed by atoms with van der Waals surface area (Å²) >= 11 is 0. The van der Waals surface area contributed by atoms with Crippen molar-refractivity contribution in [2.75, 3.05) is 6.61 Å². The summed E-state index contributed by atoms with van der Waals surface area (Å²) in [7, 11) is 0. The fourth-order valence-corrected chi connectivity index (χ4v) is 5.01. The summed E-state index contributed by atoms with van der Waals surface area (Å²) in [5.41, 5.74) is 0.451. The number of carbonyl (C=O) groups excluding carboxylic acids is 1. The van der Waals surface area contributed by atoms with Crippen LogP contribution in [-0.4, -0.2) is 34.4 Å². The molecule has 7 heteroatoms. The average molecular weight is 609 g/mol. The summed E-state index contributed by atoms with van der Waals surface area (Å²) in [6, 6.07) is 14.2. The molecule has 0 bridgehead atoms. The van der Waals surface area contributed by atoms with Crippen LogP contribution in [0.3, 0.4) is 0 Å². The Bertz CT molecular complexity index is 1220. The van der Waals surface area contributed by atoms with Gasteiger partial charge in [0.15, 0.2) is 5.82 Å². The van der Waals surface area contributed by atoms with E-state index in [2.05, 4.69) is 23.8 Å². The first-order valence-electron chi connectivity index (χ1n) is 16.5. The van der Waals surface area contributed by atoms with E-state index in [4.69, 9.17) is 9.47 Å². The van der Waals surface area contributed by atoms with Crippen molar-refractivity contribution in [3.63, 3.8) is 0 Å². The minimum atomic E-state index is -2.01. The molecule has 0 saturated carbocycles. The number of carbonyl (C=O) groups is 1. The Kier molecular flexibility index (Phi) is 15.3. The van der Waals surface area contributed by atoms with Gasteiger partial charge in [0.25, 0.3) is 0 Å². The molecule has 0 spiro atoms. The van der Waals surface area contributed by atoms with Gasteiger partial charge in [0.05, 0.1) is 0 Å². The Morgan fingerprint density at radius 2 is 1.25 bits per heavy atom. The number of hydrogen-bond acceptors (Lipinski definition) is 5. The predicted octanol–water partition coefficient (Wildman–Crippen LogP) is 10.7. The lowest BCUT2D eigenvalue weighted by Crippen LogP contribution is -2.34. The number of ether oxygens (including phenoxy) is 2. The maximum absolute atomic E-state index is 14.9. The third-order valence-corrected chi connectivity index (χ3v) is 7.89. The quantitative estimate of drug-likeness (QED) is 0.0684. The molecule has 0 aliphatic heterocycles. The molecule has 0 radical (unpaired) electrons. The first kappa shape index (κ1) is 35.1. The highest BCUT2D eigenvalue weighted by Gasteiger charge is 2.34. The monoisotopic (exact) mass is 608 g/mol. The van der Waals surface area contributed by atoms with Crippen molar-refractivity contribution >= 4 is 5.97 Å². The lowest BCUT2D eigenvalue weighted by atomic mass is 9.99. The number of hydrogen-bond donors (Lipinski definition) is 0. The SMILES string of the molecule is CCCCCCCC[C@H](F)COc1ccc(-c2ncc(-c3ccc(OC(=O)[C@@](C)(F)CCCCCCCC)cc3)cn2)cc1. The Morgan fingerprint density at radius 3 is 1.86 bits per heavy atom. The van der Waals surface area contributed by atoms with Crippen molar-refractivity contribution in [2.24, 2.45) is 0 Å². The van der Waals surface area contributed by atoms with Crippen molar-refractivity contribution < 1.29 is 23.0 Å². The number of halogens is 2. The van der Waals surface area contributed by atoms with Crippen LogP contribution in [0.2, 0.25) is 0 Å². The Hall–Kier alpha value is -3.35. The molecule has 1 aromatic heterocycles. The van der Waals surface area contributed by atoms with E-state index < -0.39 is 17.8 Å². The van der Waals surface area contributed by atoms with E-state index in [-0.39, 0.29) is 13.0 Å². The molecule has 1 heterocycles. The van der Waals surface area contributed by atoms with Crippen molar-refractivity contribution in [3.8, 4) is 34.0 Å². The molecule has 2 atom stereocenters. The normalized spacial score (nSPS) is 13.3. The second-order valence-corrected chi connectivity index (χ2v) is 11.9. The molecule has 5 nitrogen and oxygen atoms in total. The maximum atomic E-state index is 14.9. The number of nitrogens with zero attached hydrogens (tertiary/aromatic N) is 2. The zero-order valence-corrected chi connectivity index (χ0v) is 26.8. The molecular weight excluding hydrogens is 558 g/mol. The van der Waals surface area contributed by atoms with Crippen LogP contribution >= 0.6 is 0 Å². The van der Waals surface area contributed by atoms with Crippen LogP contribution in [-0.2, 0) is 4.79 Å². The molecule has 0 aliphatic rings. The molecule has 0 amide bonds. The van der Waals surface area contributed by atoms with Crippen LogP contribution < -0.4 is 9.47 Å². The molecule has 3 rings (SSSR count). The van der Waals surface area contributed by atoms with Gasteiger partial charge in [0.1, 0.15) is 24.3 Å². The summed E-state index contributed by atoms with van der Waals surface area (Å²) in [5, 5.41) is 0. The molecule has 0 saturated heterocycles. The van der Waals surface area contributed by atoms with Gasteiger partial charge in [-0.15, -0.1) is 0 Å². The smallest absolute Gasteiger partial charge is 0.348 e. The average Bonchev–Trinajstić information content (AvgIpc) is 3.04. The number of esters is 1. The Morgan fingerprint density at radius 1 is 0.727 bits per heavy atom. The summed E-state index contributed by atoms with van der Waals surface area (Å²) in [4.78, 5) is 21.4. The van der Waals surface area contributed by atoms with Crippen molar-refractivity contribution in [3.05, 3.63) is 60.9 Å². The maximum Gasteiger partial charge on any atom is 0.348 e. The van der Waals surface area contributed by atoms with Gasteiger partial charge in [0.2, 0.25) is 5.67 Å². The van der Waals surface area contributed by atoms with Crippen LogP contribution in [0.1, 0.15) is 111 Å². The molecule has 44 heavy (non-hydrogen) atoms. The number of rotatable bonds is 21. The number of alkyl halides is 2. The predicted molar refractivity (Wildman–Crippen MR) is 174 cm³/mol. The molecule has 0 N–H and O–H groups in total. The van der Waals surface area contributed by atoms with Crippen LogP contribution in [0.5, 0.6) is 11.5 Å². The highest BCUT2D eigenvalue weighted by Crippen LogP contribution is 2.27.